The summed E-state index contributed by atoms with van der Waals surface area (Å²) in [6.07, 6.45) is -0.681. The number of hydrogen-bond donors (Lipinski definition) is 1. The number of aliphatic hydroxyl groups excluding tert-OH is 1. The molecular formula is C23H32O3. The molecule has 0 aliphatic rings. The number of rotatable bonds is 6. The Morgan fingerprint density at radius 3 is 1.23 bits per heavy atom. The van der Waals surface area contributed by atoms with Crippen LogP contribution in [0.1, 0.15) is 52.7 Å². The summed E-state index contributed by atoms with van der Waals surface area (Å²) in [5.74, 6) is 1.51. The molecule has 0 unspecified atom stereocenters. The first-order valence-electron chi connectivity index (χ1n) is 9.20. The lowest BCUT2D eigenvalue weighted by Crippen LogP contribution is -2.25. The highest BCUT2D eigenvalue weighted by molar-refractivity contribution is 5.32. The van der Waals surface area contributed by atoms with E-state index in [1.165, 1.54) is 11.1 Å². The van der Waals surface area contributed by atoms with E-state index in [1.807, 2.05) is 24.3 Å². The Bertz CT molecular complexity index is 612. The maximum Gasteiger partial charge on any atom is 0.122 e. The molecule has 2 aromatic carbocycles. The van der Waals surface area contributed by atoms with Gasteiger partial charge in [-0.2, -0.15) is 0 Å². The maximum atomic E-state index is 10.1. The zero-order valence-corrected chi connectivity index (χ0v) is 16.9. The Labute approximate surface area is 158 Å². The van der Waals surface area contributed by atoms with Crippen LogP contribution in [-0.2, 0) is 10.8 Å². The summed E-state index contributed by atoms with van der Waals surface area (Å²) < 4.78 is 11.3. The van der Waals surface area contributed by atoms with Crippen molar-refractivity contribution < 1.29 is 14.6 Å². The van der Waals surface area contributed by atoms with E-state index >= 15 is 0 Å². The third-order valence-corrected chi connectivity index (χ3v) is 4.33. The molecule has 2 aromatic rings. The van der Waals surface area contributed by atoms with Crippen molar-refractivity contribution in [1.82, 2.24) is 0 Å². The van der Waals surface area contributed by atoms with Crippen molar-refractivity contribution in [3.8, 4) is 11.5 Å². The molecule has 2 rings (SSSR count). The minimum absolute atomic E-state index is 0.119. The largest absolute Gasteiger partial charge is 0.491 e. The fourth-order valence-corrected chi connectivity index (χ4v) is 2.54. The first-order valence-corrected chi connectivity index (χ1v) is 9.20. The van der Waals surface area contributed by atoms with Gasteiger partial charge in [0.05, 0.1) is 0 Å². The normalized spacial score (nSPS) is 12.3. The van der Waals surface area contributed by atoms with Crippen LogP contribution in [-0.4, -0.2) is 24.4 Å². The molecule has 0 saturated carbocycles. The average Bonchev–Trinajstić information content (AvgIpc) is 2.57. The van der Waals surface area contributed by atoms with Crippen molar-refractivity contribution in [2.24, 2.45) is 0 Å². The highest BCUT2D eigenvalue weighted by Gasteiger charge is 2.14. The zero-order valence-electron chi connectivity index (χ0n) is 16.9. The Hall–Kier alpha value is -2.00. The maximum absolute atomic E-state index is 10.1. The minimum atomic E-state index is -0.681. The van der Waals surface area contributed by atoms with Gasteiger partial charge in [-0.1, -0.05) is 65.8 Å². The summed E-state index contributed by atoms with van der Waals surface area (Å²) in [4.78, 5) is 0. The van der Waals surface area contributed by atoms with Gasteiger partial charge in [-0.05, 0) is 46.2 Å². The predicted octanol–water partition coefficient (Wildman–Crippen LogP) is 5.10. The lowest BCUT2D eigenvalue weighted by molar-refractivity contribution is 0.0626. The van der Waals surface area contributed by atoms with Crippen molar-refractivity contribution in [2.75, 3.05) is 13.2 Å². The zero-order chi connectivity index (χ0) is 19.4. The molecule has 0 bridgehead atoms. The lowest BCUT2D eigenvalue weighted by atomic mass is 9.87. The first-order chi connectivity index (χ1) is 12.1. The third-order valence-electron chi connectivity index (χ3n) is 4.33. The van der Waals surface area contributed by atoms with Crippen molar-refractivity contribution in [1.29, 1.82) is 0 Å². The van der Waals surface area contributed by atoms with Gasteiger partial charge in [0.1, 0.15) is 30.8 Å². The van der Waals surface area contributed by atoms with Gasteiger partial charge in [-0.3, -0.25) is 0 Å². The van der Waals surface area contributed by atoms with Crippen molar-refractivity contribution in [3.63, 3.8) is 0 Å². The molecule has 0 atom stereocenters. The smallest absolute Gasteiger partial charge is 0.122 e. The van der Waals surface area contributed by atoms with Gasteiger partial charge in [-0.15, -0.1) is 0 Å². The SMILES string of the molecule is CC(C)(C)c1ccc(OCC(O)COc2ccc(C(C)(C)C)cc2)cc1. The number of hydrogen-bond acceptors (Lipinski definition) is 3. The topological polar surface area (TPSA) is 38.7 Å². The van der Waals surface area contributed by atoms with E-state index in [4.69, 9.17) is 9.47 Å². The molecule has 3 heteroatoms. The van der Waals surface area contributed by atoms with Crippen LogP contribution in [0.5, 0.6) is 11.5 Å². The van der Waals surface area contributed by atoms with E-state index in [9.17, 15) is 5.11 Å². The molecule has 0 aliphatic carbocycles. The number of aliphatic hydroxyl groups is 1. The second-order valence-corrected chi connectivity index (χ2v) is 8.82. The van der Waals surface area contributed by atoms with Crippen molar-refractivity contribution in [2.45, 2.75) is 58.5 Å². The molecule has 0 radical (unpaired) electrons. The second-order valence-electron chi connectivity index (χ2n) is 8.82. The Morgan fingerprint density at radius 1 is 0.654 bits per heavy atom. The van der Waals surface area contributed by atoms with E-state index in [0.717, 1.165) is 11.5 Å². The summed E-state index contributed by atoms with van der Waals surface area (Å²) in [6.45, 7) is 13.5. The Kier molecular flexibility index (Phi) is 6.35. The molecule has 0 heterocycles. The second kappa shape index (κ2) is 8.13. The molecule has 0 saturated heterocycles. The van der Waals surface area contributed by atoms with E-state index in [2.05, 4.69) is 65.8 Å². The van der Waals surface area contributed by atoms with E-state index in [0.29, 0.717) is 0 Å². The van der Waals surface area contributed by atoms with Gasteiger partial charge >= 0.3 is 0 Å². The van der Waals surface area contributed by atoms with Crippen LogP contribution in [0.4, 0.5) is 0 Å². The molecule has 0 aromatic heterocycles. The molecule has 1 N–H and O–H groups in total. The summed E-state index contributed by atoms with van der Waals surface area (Å²) in [6, 6.07) is 16.0. The monoisotopic (exact) mass is 356 g/mol. The van der Waals surface area contributed by atoms with Crippen LogP contribution >= 0.6 is 0 Å². The standard InChI is InChI=1S/C23H32O3/c1-22(2,3)17-7-11-20(12-8-17)25-15-19(24)16-26-21-13-9-18(10-14-21)23(4,5)6/h7-14,19,24H,15-16H2,1-6H3. The quantitative estimate of drug-likeness (QED) is 0.782. The van der Waals surface area contributed by atoms with Gasteiger partial charge < -0.3 is 14.6 Å². The molecular weight excluding hydrogens is 324 g/mol. The highest BCUT2D eigenvalue weighted by Crippen LogP contribution is 2.25. The van der Waals surface area contributed by atoms with E-state index < -0.39 is 6.10 Å². The van der Waals surface area contributed by atoms with Gasteiger partial charge in [0.25, 0.3) is 0 Å². The molecule has 26 heavy (non-hydrogen) atoms. The Morgan fingerprint density at radius 2 is 0.962 bits per heavy atom. The van der Waals surface area contributed by atoms with Gasteiger partial charge in [0.2, 0.25) is 0 Å². The van der Waals surface area contributed by atoms with E-state index in [1.54, 1.807) is 0 Å². The Balaban J connectivity index is 1.79. The fraction of sp³-hybridized carbons (Fsp3) is 0.478. The minimum Gasteiger partial charge on any atom is -0.491 e. The summed E-state index contributed by atoms with van der Waals surface area (Å²) in [5.41, 5.74) is 2.75. The predicted molar refractivity (Wildman–Crippen MR) is 107 cm³/mol. The van der Waals surface area contributed by atoms with Crippen LogP contribution < -0.4 is 9.47 Å². The molecule has 3 nitrogen and oxygen atoms in total. The molecule has 0 fully saturated rings. The van der Waals surface area contributed by atoms with Crippen molar-refractivity contribution >= 4 is 0 Å². The average molecular weight is 357 g/mol. The highest BCUT2D eigenvalue weighted by atomic mass is 16.5. The van der Waals surface area contributed by atoms with Crippen LogP contribution in [0, 0.1) is 0 Å². The van der Waals surface area contributed by atoms with Crippen LogP contribution in [0.25, 0.3) is 0 Å². The van der Waals surface area contributed by atoms with Crippen LogP contribution in [0.2, 0.25) is 0 Å². The lowest BCUT2D eigenvalue weighted by Gasteiger charge is -2.20. The van der Waals surface area contributed by atoms with Gasteiger partial charge in [0.15, 0.2) is 0 Å². The molecule has 142 valence electrons. The number of benzene rings is 2. The summed E-state index contributed by atoms with van der Waals surface area (Å²) in [7, 11) is 0. The first kappa shape index (κ1) is 20.3. The van der Waals surface area contributed by atoms with Crippen LogP contribution in [0.15, 0.2) is 48.5 Å². The fourth-order valence-electron chi connectivity index (χ4n) is 2.54. The third kappa shape index (κ3) is 6.06. The summed E-state index contributed by atoms with van der Waals surface area (Å²) in [5, 5.41) is 10.1. The van der Waals surface area contributed by atoms with Crippen molar-refractivity contribution in [3.05, 3.63) is 59.7 Å². The van der Waals surface area contributed by atoms with Crippen LogP contribution in [0.3, 0.4) is 0 Å². The molecule has 0 amide bonds. The van der Waals surface area contributed by atoms with E-state index in [-0.39, 0.29) is 24.0 Å². The van der Waals surface area contributed by atoms with Gasteiger partial charge in [0, 0.05) is 0 Å². The molecule has 0 aliphatic heterocycles. The summed E-state index contributed by atoms with van der Waals surface area (Å²) >= 11 is 0. The van der Waals surface area contributed by atoms with Gasteiger partial charge in [-0.25, -0.2) is 0 Å². The molecule has 0 spiro atoms. The number of ether oxygens (including phenoxy) is 2.